The largest absolute Gasteiger partial charge is 0.383 e. The third-order valence-electron chi connectivity index (χ3n) is 3.07. The first-order chi connectivity index (χ1) is 10.1. The van der Waals surface area contributed by atoms with Gasteiger partial charge in [-0.2, -0.15) is 0 Å². The van der Waals surface area contributed by atoms with Crippen LogP contribution >= 0.6 is 0 Å². The Bertz CT molecular complexity index is 681. The molecular weight excluding hydrogens is 270 g/mol. The van der Waals surface area contributed by atoms with Crippen LogP contribution in [0.15, 0.2) is 29.1 Å². The molecule has 0 aliphatic carbocycles. The highest BCUT2D eigenvalue weighted by Crippen LogP contribution is 2.06. The van der Waals surface area contributed by atoms with Gasteiger partial charge in [0.2, 0.25) is 5.91 Å². The molecule has 1 amide bonds. The molecule has 0 saturated heterocycles. The standard InChI is InChI=1S/C15H19N3O3/c1-10(9-21-2)16-14(19)8-7-13-17-12-6-4-3-5-11(12)15(20)18-13/h3-6,10H,7-9H2,1-2H3,(H,16,19)(H,17,18,20). The average molecular weight is 289 g/mol. The number of nitrogens with one attached hydrogen (secondary N) is 2. The summed E-state index contributed by atoms with van der Waals surface area (Å²) in [7, 11) is 1.59. The molecule has 1 atom stereocenters. The van der Waals surface area contributed by atoms with E-state index in [2.05, 4.69) is 15.3 Å². The number of hydrogen-bond donors (Lipinski definition) is 2. The van der Waals surface area contributed by atoms with Crippen LogP contribution in [-0.2, 0) is 16.0 Å². The molecule has 1 unspecified atom stereocenters. The molecule has 0 bridgehead atoms. The van der Waals surface area contributed by atoms with Gasteiger partial charge in [0.15, 0.2) is 0 Å². The second kappa shape index (κ2) is 6.99. The topological polar surface area (TPSA) is 84.1 Å². The maximum atomic E-state index is 11.9. The third-order valence-corrected chi connectivity index (χ3v) is 3.07. The summed E-state index contributed by atoms with van der Waals surface area (Å²) in [5.41, 5.74) is 0.466. The highest BCUT2D eigenvalue weighted by molar-refractivity contribution is 5.78. The number of para-hydroxylation sites is 1. The van der Waals surface area contributed by atoms with E-state index in [-0.39, 0.29) is 23.9 Å². The van der Waals surface area contributed by atoms with Gasteiger partial charge < -0.3 is 15.0 Å². The molecule has 1 heterocycles. The highest BCUT2D eigenvalue weighted by Gasteiger charge is 2.09. The molecule has 112 valence electrons. The molecule has 21 heavy (non-hydrogen) atoms. The number of carbonyl (C=O) groups is 1. The smallest absolute Gasteiger partial charge is 0.258 e. The van der Waals surface area contributed by atoms with Crippen LogP contribution in [0.25, 0.3) is 10.9 Å². The highest BCUT2D eigenvalue weighted by atomic mass is 16.5. The molecule has 2 rings (SSSR count). The van der Waals surface area contributed by atoms with Crippen LogP contribution < -0.4 is 10.9 Å². The van der Waals surface area contributed by atoms with E-state index in [1.165, 1.54) is 0 Å². The number of ether oxygens (including phenoxy) is 1. The van der Waals surface area contributed by atoms with Crippen molar-refractivity contribution in [2.45, 2.75) is 25.8 Å². The Morgan fingerprint density at radius 1 is 1.43 bits per heavy atom. The summed E-state index contributed by atoms with van der Waals surface area (Å²) in [6.07, 6.45) is 0.668. The zero-order valence-corrected chi connectivity index (χ0v) is 12.2. The Kier molecular flexibility index (Phi) is 5.05. The maximum Gasteiger partial charge on any atom is 0.258 e. The van der Waals surface area contributed by atoms with E-state index in [9.17, 15) is 9.59 Å². The second-order valence-electron chi connectivity index (χ2n) is 4.95. The van der Waals surface area contributed by atoms with Crippen LogP contribution in [0.1, 0.15) is 19.2 Å². The summed E-state index contributed by atoms with van der Waals surface area (Å²) < 4.78 is 4.96. The van der Waals surface area contributed by atoms with E-state index in [1.807, 2.05) is 13.0 Å². The number of methoxy groups -OCH3 is 1. The van der Waals surface area contributed by atoms with Gasteiger partial charge in [0.25, 0.3) is 5.56 Å². The first-order valence-electron chi connectivity index (χ1n) is 6.86. The van der Waals surface area contributed by atoms with Crippen LogP contribution in [0.3, 0.4) is 0 Å². The Hall–Kier alpha value is -2.21. The van der Waals surface area contributed by atoms with Crippen molar-refractivity contribution in [2.24, 2.45) is 0 Å². The Balaban J connectivity index is 2.00. The lowest BCUT2D eigenvalue weighted by molar-refractivity contribution is -0.122. The van der Waals surface area contributed by atoms with E-state index in [1.54, 1.807) is 25.3 Å². The van der Waals surface area contributed by atoms with E-state index in [0.29, 0.717) is 29.8 Å². The van der Waals surface area contributed by atoms with Crippen molar-refractivity contribution in [3.8, 4) is 0 Å². The number of fused-ring (bicyclic) bond motifs is 1. The lowest BCUT2D eigenvalue weighted by Crippen LogP contribution is -2.35. The van der Waals surface area contributed by atoms with Gasteiger partial charge in [0, 0.05) is 26.0 Å². The Labute approximate surface area is 122 Å². The van der Waals surface area contributed by atoms with Gasteiger partial charge in [-0.1, -0.05) is 12.1 Å². The molecule has 1 aromatic carbocycles. The van der Waals surface area contributed by atoms with E-state index in [0.717, 1.165) is 0 Å². The summed E-state index contributed by atoms with van der Waals surface area (Å²) in [6.45, 7) is 2.34. The summed E-state index contributed by atoms with van der Waals surface area (Å²) >= 11 is 0. The maximum absolute atomic E-state index is 11.9. The summed E-state index contributed by atoms with van der Waals surface area (Å²) in [4.78, 5) is 30.7. The number of H-pyrrole nitrogens is 1. The molecular formula is C15H19N3O3. The Morgan fingerprint density at radius 3 is 2.95 bits per heavy atom. The monoisotopic (exact) mass is 289 g/mol. The van der Waals surface area contributed by atoms with E-state index < -0.39 is 0 Å². The van der Waals surface area contributed by atoms with Crippen molar-refractivity contribution >= 4 is 16.8 Å². The first kappa shape index (κ1) is 15.2. The predicted molar refractivity (Wildman–Crippen MR) is 80.2 cm³/mol. The number of rotatable bonds is 6. The molecule has 1 aromatic heterocycles. The third kappa shape index (κ3) is 4.13. The molecule has 0 radical (unpaired) electrons. The number of hydrogen-bond acceptors (Lipinski definition) is 4. The van der Waals surface area contributed by atoms with Gasteiger partial charge in [-0.15, -0.1) is 0 Å². The van der Waals surface area contributed by atoms with Gasteiger partial charge in [-0.25, -0.2) is 4.98 Å². The predicted octanol–water partition coefficient (Wildman–Crippen LogP) is 1.01. The number of carbonyl (C=O) groups excluding carboxylic acids is 1. The lowest BCUT2D eigenvalue weighted by Gasteiger charge is -2.12. The summed E-state index contributed by atoms with van der Waals surface area (Å²) in [5.74, 6) is 0.434. The average Bonchev–Trinajstić information content (AvgIpc) is 2.45. The van der Waals surface area contributed by atoms with Gasteiger partial charge in [0.05, 0.1) is 17.5 Å². The normalized spacial score (nSPS) is 12.3. The van der Waals surface area contributed by atoms with Crippen LogP contribution in [0.4, 0.5) is 0 Å². The molecule has 0 saturated carbocycles. The molecule has 2 aromatic rings. The molecule has 2 N–H and O–H groups in total. The Morgan fingerprint density at radius 2 is 2.19 bits per heavy atom. The van der Waals surface area contributed by atoms with Gasteiger partial charge in [-0.3, -0.25) is 9.59 Å². The van der Waals surface area contributed by atoms with Crippen molar-refractivity contribution in [3.63, 3.8) is 0 Å². The van der Waals surface area contributed by atoms with E-state index in [4.69, 9.17) is 4.74 Å². The number of aromatic amines is 1. The fraction of sp³-hybridized carbons (Fsp3) is 0.400. The van der Waals surface area contributed by atoms with Crippen molar-refractivity contribution in [1.82, 2.24) is 15.3 Å². The number of benzene rings is 1. The SMILES string of the molecule is COCC(C)NC(=O)CCc1nc2ccccc2c(=O)[nH]1. The summed E-state index contributed by atoms with van der Waals surface area (Å²) in [6, 6.07) is 7.10. The fourth-order valence-corrected chi connectivity index (χ4v) is 2.12. The van der Waals surface area contributed by atoms with Crippen LogP contribution in [0.5, 0.6) is 0 Å². The van der Waals surface area contributed by atoms with Crippen molar-refractivity contribution in [3.05, 3.63) is 40.4 Å². The number of aromatic nitrogens is 2. The molecule has 6 nitrogen and oxygen atoms in total. The molecule has 6 heteroatoms. The van der Waals surface area contributed by atoms with Crippen LogP contribution in [-0.4, -0.2) is 35.6 Å². The zero-order chi connectivity index (χ0) is 15.2. The molecule has 0 aliphatic heterocycles. The molecule has 0 spiro atoms. The van der Waals surface area contributed by atoms with Crippen LogP contribution in [0.2, 0.25) is 0 Å². The fourth-order valence-electron chi connectivity index (χ4n) is 2.12. The van der Waals surface area contributed by atoms with E-state index >= 15 is 0 Å². The van der Waals surface area contributed by atoms with Crippen molar-refractivity contribution < 1.29 is 9.53 Å². The lowest BCUT2D eigenvalue weighted by atomic mass is 10.2. The van der Waals surface area contributed by atoms with Gasteiger partial charge >= 0.3 is 0 Å². The minimum absolute atomic E-state index is 0.0360. The minimum atomic E-state index is -0.177. The van der Waals surface area contributed by atoms with Crippen LogP contribution in [0, 0.1) is 0 Å². The summed E-state index contributed by atoms with van der Waals surface area (Å²) in [5, 5.41) is 3.37. The first-order valence-corrected chi connectivity index (χ1v) is 6.86. The molecule has 0 aliphatic rings. The second-order valence-corrected chi connectivity index (χ2v) is 4.95. The van der Waals surface area contributed by atoms with Crippen molar-refractivity contribution in [1.29, 1.82) is 0 Å². The quantitative estimate of drug-likeness (QED) is 0.831. The number of nitrogens with zero attached hydrogens (tertiary/aromatic N) is 1. The number of amides is 1. The zero-order valence-electron chi connectivity index (χ0n) is 12.2. The van der Waals surface area contributed by atoms with Crippen molar-refractivity contribution in [2.75, 3.05) is 13.7 Å². The van der Waals surface area contributed by atoms with Gasteiger partial charge in [-0.05, 0) is 19.1 Å². The molecule has 0 fully saturated rings. The van der Waals surface area contributed by atoms with Gasteiger partial charge in [0.1, 0.15) is 5.82 Å². The minimum Gasteiger partial charge on any atom is -0.383 e. The number of aryl methyl sites for hydroxylation is 1.